The number of esters is 2. The van der Waals surface area contributed by atoms with Gasteiger partial charge in [0.25, 0.3) is 5.91 Å². The topological polar surface area (TPSA) is 81.7 Å². The monoisotopic (exact) mass is 321 g/mol. The van der Waals surface area contributed by atoms with Crippen LogP contribution in [0.3, 0.4) is 0 Å². The molecule has 0 radical (unpaired) electrons. The first-order chi connectivity index (χ1) is 10.8. The first-order valence-corrected chi connectivity index (χ1v) is 7.43. The van der Waals surface area contributed by atoms with E-state index in [-0.39, 0.29) is 19.0 Å². The number of carbonyl (C=O) groups is 3. The number of amides is 1. The average molecular weight is 321 g/mol. The maximum absolute atomic E-state index is 12.1. The number of aryl methyl sites for hydroxylation is 3. The van der Waals surface area contributed by atoms with Crippen LogP contribution in [-0.2, 0) is 19.1 Å². The van der Waals surface area contributed by atoms with Gasteiger partial charge in [-0.05, 0) is 38.3 Å². The SMILES string of the molecule is COC(=O)CCCNC(=O)COC(=O)c1c(C)cc(C)cc1C. The summed E-state index contributed by atoms with van der Waals surface area (Å²) in [5.74, 6) is -1.23. The van der Waals surface area contributed by atoms with Crippen LogP contribution in [0, 0.1) is 20.8 Å². The van der Waals surface area contributed by atoms with Crippen molar-refractivity contribution in [3.8, 4) is 0 Å². The zero-order chi connectivity index (χ0) is 17.4. The van der Waals surface area contributed by atoms with Crippen molar-refractivity contribution < 1.29 is 23.9 Å². The molecule has 0 fully saturated rings. The van der Waals surface area contributed by atoms with Gasteiger partial charge in [0.1, 0.15) is 0 Å². The predicted octanol–water partition coefficient (Wildman–Crippen LogP) is 1.84. The van der Waals surface area contributed by atoms with E-state index in [0.29, 0.717) is 18.5 Å². The number of ether oxygens (including phenoxy) is 2. The Bertz CT molecular complexity index is 572. The fourth-order valence-corrected chi connectivity index (χ4v) is 2.32. The lowest BCUT2D eigenvalue weighted by atomic mass is 10.00. The van der Waals surface area contributed by atoms with Gasteiger partial charge in [-0.1, -0.05) is 17.7 Å². The van der Waals surface area contributed by atoms with Crippen molar-refractivity contribution in [2.75, 3.05) is 20.3 Å². The van der Waals surface area contributed by atoms with Gasteiger partial charge in [-0.3, -0.25) is 9.59 Å². The van der Waals surface area contributed by atoms with E-state index in [1.54, 1.807) is 0 Å². The van der Waals surface area contributed by atoms with Crippen LogP contribution in [0.5, 0.6) is 0 Å². The predicted molar refractivity (Wildman–Crippen MR) is 85.2 cm³/mol. The molecule has 0 bridgehead atoms. The Morgan fingerprint density at radius 1 is 1.09 bits per heavy atom. The minimum Gasteiger partial charge on any atom is -0.469 e. The maximum atomic E-state index is 12.1. The van der Waals surface area contributed by atoms with Gasteiger partial charge in [0.15, 0.2) is 6.61 Å². The Hall–Kier alpha value is -2.37. The summed E-state index contributed by atoms with van der Waals surface area (Å²) in [6, 6.07) is 3.80. The summed E-state index contributed by atoms with van der Waals surface area (Å²) in [4.78, 5) is 34.6. The zero-order valence-corrected chi connectivity index (χ0v) is 14.0. The fourth-order valence-electron chi connectivity index (χ4n) is 2.32. The molecule has 0 aromatic heterocycles. The van der Waals surface area contributed by atoms with Gasteiger partial charge in [0, 0.05) is 13.0 Å². The van der Waals surface area contributed by atoms with E-state index >= 15 is 0 Å². The molecule has 0 aliphatic rings. The number of rotatable bonds is 7. The third kappa shape index (κ3) is 6.10. The summed E-state index contributed by atoms with van der Waals surface area (Å²) < 4.78 is 9.54. The second-order valence-electron chi connectivity index (χ2n) is 5.38. The first-order valence-electron chi connectivity index (χ1n) is 7.43. The third-order valence-corrected chi connectivity index (χ3v) is 3.32. The molecule has 1 amide bonds. The van der Waals surface area contributed by atoms with Crippen molar-refractivity contribution in [1.29, 1.82) is 0 Å². The second kappa shape index (κ2) is 8.92. The minimum atomic E-state index is -0.510. The van der Waals surface area contributed by atoms with Crippen LogP contribution in [0.15, 0.2) is 12.1 Å². The van der Waals surface area contributed by atoms with Crippen molar-refractivity contribution in [1.82, 2.24) is 5.32 Å². The normalized spacial score (nSPS) is 10.1. The molecule has 6 nitrogen and oxygen atoms in total. The highest BCUT2D eigenvalue weighted by Gasteiger charge is 2.15. The number of carbonyl (C=O) groups excluding carboxylic acids is 3. The maximum Gasteiger partial charge on any atom is 0.339 e. The zero-order valence-electron chi connectivity index (χ0n) is 14.0. The molecule has 1 aromatic carbocycles. The Labute approximate surface area is 136 Å². The summed E-state index contributed by atoms with van der Waals surface area (Å²) in [6.45, 7) is 5.61. The molecule has 0 saturated heterocycles. The van der Waals surface area contributed by atoms with E-state index in [1.807, 2.05) is 32.9 Å². The van der Waals surface area contributed by atoms with Gasteiger partial charge in [-0.15, -0.1) is 0 Å². The highest BCUT2D eigenvalue weighted by Crippen LogP contribution is 2.17. The molecule has 126 valence electrons. The van der Waals surface area contributed by atoms with Crippen LogP contribution >= 0.6 is 0 Å². The summed E-state index contributed by atoms with van der Waals surface area (Å²) in [6.07, 6.45) is 0.709. The molecular formula is C17H23NO5. The summed E-state index contributed by atoms with van der Waals surface area (Å²) in [5, 5.41) is 2.58. The Kier molecular flexibility index (Phi) is 7.25. The van der Waals surface area contributed by atoms with Crippen molar-refractivity contribution in [3.05, 3.63) is 34.4 Å². The lowest BCUT2D eigenvalue weighted by molar-refractivity contribution is -0.140. The van der Waals surface area contributed by atoms with Crippen molar-refractivity contribution >= 4 is 17.8 Å². The van der Waals surface area contributed by atoms with E-state index in [4.69, 9.17) is 4.74 Å². The Balaban J connectivity index is 2.42. The van der Waals surface area contributed by atoms with Gasteiger partial charge >= 0.3 is 11.9 Å². The van der Waals surface area contributed by atoms with E-state index in [0.717, 1.165) is 16.7 Å². The number of nitrogens with one attached hydrogen (secondary N) is 1. The number of hydrogen-bond donors (Lipinski definition) is 1. The molecule has 1 rings (SSSR count). The van der Waals surface area contributed by atoms with E-state index in [9.17, 15) is 14.4 Å². The number of hydrogen-bond acceptors (Lipinski definition) is 5. The van der Waals surface area contributed by atoms with Crippen LogP contribution in [-0.4, -0.2) is 38.1 Å². The summed E-state index contributed by atoms with van der Waals surface area (Å²) in [7, 11) is 1.31. The molecule has 0 saturated carbocycles. The molecule has 23 heavy (non-hydrogen) atoms. The van der Waals surface area contributed by atoms with E-state index in [1.165, 1.54) is 7.11 Å². The third-order valence-electron chi connectivity index (χ3n) is 3.32. The summed E-state index contributed by atoms with van der Waals surface area (Å²) in [5.41, 5.74) is 3.21. The fraction of sp³-hybridized carbons (Fsp3) is 0.471. The molecule has 0 heterocycles. The average Bonchev–Trinajstić information content (AvgIpc) is 2.48. The van der Waals surface area contributed by atoms with Gasteiger partial charge in [-0.2, -0.15) is 0 Å². The van der Waals surface area contributed by atoms with Crippen molar-refractivity contribution in [2.24, 2.45) is 0 Å². The molecule has 1 N–H and O–H groups in total. The Morgan fingerprint density at radius 2 is 1.70 bits per heavy atom. The number of methoxy groups -OCH3 is 1. The molecular weight excluding hydrogens is 298 g/mol. The van der Waals surface area contributed by atoms with Gasteiger partial charge < -0.3 is 14.8 Å². The standard InChI is InChI=1S/C17H23NO5/c1-11-8-12(2)16(13(3)9-11)17(21)23-10-14(19)18-7-5-6-15(20)22-4/h8-9H,5-7,10H2,1-4H3,(H,18,19). The lowest BCUT2D eigenvalue weighted by Gasteiger charge is -2.11. The molecule has 0 unspecified atom stereocenters. The minimum absolute atomic E-state index is 0.234. The van der Waals surface area contributed by atoms with Crippen LogP contribution in [0.4, 0.5) is 0 Å². The lowest BCUT2D eigenvalue weighted by Crippen LogP contribution is -2.30. The van der Waals surface area contributed by atoms with Gasteiger partial charge in [0.05, 0.1) is 12.7 Å². The molecule has 0 spiro atoms. The largest absolute Gasteiger partial charge is 0.469 e. The van der Waals surface area contributed by atoms with E-state index < -0.39 is 11.9 Å². The van der Waals surface area contributed by atoms with E-state index in [2.05, 4.69) is 10.1 Å². The smallest absolute Gasteiger partial charge is 0.339 e. The highest BCUT2D eigenvalue weighted by molar-refractivity contribution is 5.94. The molecule has 0 aliphatic heterocycles. The molecule has 0 aliphatic carbocycles. The second-order valence-corrected chi connectivity index (χ2v) is 5.38. The van der Waals surface area contributed by atoms with Crippen LogP contribution < -0.4 is 5.32 Å². The molecule has 6 heteroatoms. The Morgan fingerprint density at radius 3 is 2.26 bits per heavy atom. The first kappa shape index (κ1) is 18.7. The van der Waals surface area contributed by atoms with Crippen LogP contribution in [0.25, 0.3) is 0 Å². The van der Waals surface area contributed by atoms with Crippen LogP contribution in [0.1, 0.15) is 39.9 Å². The van der Waals surface area contributed by atoms with Gasteiger partial charge in [0.2, 0.25) is 0 Å². The molecule has 0 atom stereocenters. The highest BCUT2D eigenvalue weighted by atomic mass is 16.5. The summed E-state index contributed by atoms with van der Waals surface area (Å²) >= 11 is 0. The molecule has 1 aromatic rings. The van der Waals surface area contributed by atoms with Crippen LogP contribution in [0.2, 0.25) is 0 Å². The van der Waals surface area contributed by atoms with Crippen molar-refractivity contribution in [3.63, 3.8) is 0 Å². The van der Waals surface area contributed by atoms with Gasteiger partial charge in [-0.25, -0.2) is 4.79 Å². The number of benzene rings is 1. The van der Waals surface area contributed by atoms with Crippen molar-refractivity contribution in [2.45, 2.75) is 33.6 Å². The quantitative estimate of drug-likeness (QED) is 0.612.